The van der Waals surface area contributed by atoms with Gasteiger partial charge in [-0.2, -0.15) is 0 Å². The van der Waals surface area contributed by atoms with E-state index in [1.165, 1.54) is 13.2 Å². The molecule has 0 aliphatic heterocycles. The van der Waals surface area contributed by atoms with Gasteiger partial charge < -0.3 is 10.5 Å². The Kier molecular flexibility index (Phi) is 7.42. The molecule has 0 radical (unpaired) electrons. The third kappa shape index (κ3) is 5.26. The lowest BCUT2D eigenvalue weighted by atomic mass is 9.72. The number of rotatable bonds is 7. The monoisotopic (exact) mass is 536 g/mol. The number of aromatic nitrogens is 5. The molecule has 39 heavy (non-hydrogen) atoms. The number of ether oxygens (including phenoxy) is 1. The van der Waals surface area contributed by atoms with Gasteiger partial charge in [-0.3, -0.25) is 9.78 Å². The highest BCUT2D eigenvalue weighted by Crippen LogP contribution is 2.42. The molecule has 0 unspecified atom stereocenters. The normalized spacial score (nSPS) is 21.1. The molecule has 4 aromatic rings. The molecule has 8 nitrogen and oxygen atoms in total. The fraction of sp³-hybridized carbons (Fsp3) is 0.321. The van der Waals surface area contributed by atoms with Crippen LogP contribution >= 0.6 is 0 Å². The van der Waals surface area contributed by atoms with Gasteiger partial charge in [-0.1, -0.05) is 12.1 Å². The number of ketones is 1. The Hall–Kier alpha value is -4.12. The lowest BCUT2D eigenvalue weighted by molar-refractivity contribution is 0.0987. The maximum Gasteiger partial charge on any atom is 0.185 e. The first-order valence-corrected chi connectivity index (χ1v) is 12.5. The highest BCUT2D eigenvalue weighted by atomic mass is 19.1. The van der Waals surface area contributed by atoms with Crippen LogP contribution in [-0.2, 0) is 6.42 Å². The van der Waals surface area contributed by atoms with Crippen LogP contribution in [0.2, 0.25) is 0 Å². The molecule has 4 atom stereocenters. The molecule has 3 aromatic heterocycles. The van der Waals surface area contributed by atoms with Gasteiger partial charge >= 0.3 is 0 Å². The van der Waals surface area contributed by atoms with Gasteiger partial charge in [0.2, 0.25) is 0 Å². The van der Waals surface area contributed by atoms with Crippen molar-refractivity contribution in [1.29, 1.82) is 0 Å². The van der Waals surface area contributed by atoms with Crippen molar-refractivity contribution < 1.29 is 22.7 Å². The minimum absolute atomic E-state index is 0.0104. The van der Waals surface area contributed by atoms with Crippen LogP contribution in [0.5, 0.6) is 5.75 Å². The van der Waals surface area contributed by atoms with Gasteiger partial charge in [0, 0.05) is 43.2 Å². The van der Waals surface area contributed by atoms with Crippen LogP contribution in [0.4, 0.5) is 13.2 Å². The van der Waals surface area contributed by atoms with Crippen molar-refractivity contribution in [3.05, 3.63) is 89.4 Å². The average molecular weight is 537 g/mol. The maximum atomic E-state index is 14.6. The second-order valence-electron chi connectivity index (χ2n) is 9.85. The van der Waals surface area contributed by atoms with Gasteiger partial charge in [0.25, 0.3) is 0 Å². The smallest absolute Gasteiger partial charge is 0.185 e. The quantitative estimate of drug-likeness (QED) is 0.342. The fourth-order valence-electron chi connectivity index (χ4n) is 5.58. The fourth-order valence-corrected chi connectivity index (χ4v) is 5.58. The predicted octanol–water partition coefficient (Wildman–Crippen LogP) is 4.67. The molecule has 0 amide bonds. The molecule has 1 fully saturated rings. The Morgan fingerprint density at radius 3 is 2.54 bits per heavy atom. The zero-order chi connectivity index (χ0) is 27.7. The van der Waals surface area contributed by atoms with Crippen LogP contribution in [0.1, 0.15) is 53.3 Å². The van der Waals surface area contributed by atoms with Crippen molar-refractivity contribution in [3.8, 4) is 17.0 Å². The molecule has 1 saturated carbocycles. The number of halogens is 3. The van der Waals surface area contributed by atoms with Crippen LogP contribution in [0.15, 0.2) is 55.1 Å². The van der Waals surface area contributed by atoms with E-state index in [1.54, 1.807) is 23.3 Å². The van der Waals surface area contributed by atoms with E-state index in [0.29, 0.717) is 12.0 Å². The molecule has 0 bridgehead atoms. The number of methoxy groups -OCH3 is 1. The van der Waals surface area contributed by atoms with E-state index in [2.05, 4.69) is 27.2 Å². The molecule has 202 valence electrons. The number of Topliss-reactive ketones (excluding diaryl/α,β-unsaturated/α-hetero) is 1. The zero-order valence-corrected chi connectivity index (χ0v) is 21.4. The van der Waals surface area contributed by atoms with Crippen molar-refractivity contribution in [1.82, 2.24) is 25.0 Å². The van der Waals surface area contributed by atoms with Crippen molar-refractivity contribution in [2.75, 3.05) is 7.11 Å². The molecule has 1 aliphatic rings. The summed E-state index contributed by atoms with van der Waals surface area (Å²) in [5.74, 6) is -3.27. The summed E-state index contributed by atoms with van der Waals surface area (Å²) in [5, 5.41) is 8.03. The molecule has 1 aromatic carbocycles. The van der Waals surface area contributed by atoms with Crippen LogP contribution in [0, 0.1) is 23.4 Å². The molecule has 3 heterocycles. The lowest BCUT2D eigenvalue weighted by Crippen LogP contribution is -2.42. The van der Waals surface area contributed by atoms with E-state index in [1.807, 2.05) is 12.3 Å². The topological polar surface area (TPSA) is 109 Å². The summed E-state index contributed by atoms with van der Waals surface area (Å²) in [5.41, 5.74) is 6.85. The van der Waals surface area contributed by atoms with Gasteiger partial charge in [-0.25, -0.2) is 22.8 Å². The van der Waals surface area contributed by atoms with E-state index >= 15 is 0 Å². The van der Waals surface area contributed by atoms with Crippen molar-refractivity contribution in [2.24, 2.45) is 11.7 Å². The summed E-state index contributed by atoms with van der Waals surface area (Å²) >= 11 is 0. The Bertz CT molecular complexity index is 1460. The summed E-state index contributed by atoms with van der Waals surface area (Å²) in [6.45, 7) is 2.12. The number of nitrogens with zero attached hydrogens (tertiary/aromatic N) is 5. The number of hydrogen-bond acceptors (Lipinski definition) is 7. The summed E-state index contributed by atoms with van der Waals surface area (Å²) in [4.78, 5) is 21.5. The van der Waals surface area contributed by atoms with Crippen LogP contribution in [0.3, 0.4) is 0 Å². The maximum absolute atomic E-state index is 14.6. The van der Waals surface area contributed by atoms with Crippen molar-refractivity contribution >= 4 is 5.78 Å². The van der Waals surface area contributed by atoms with Gasteiger partial charge in [0.05, 0.1) is 24.9 Å². The largest absolute Gasteiger partial charge is 0.497 e. The Balaban J connectivity index is 1.40. The van der Waals surface area contributed by atoms with Crippen LogP contribution < -0.4 is 10.5 Å². The number of nitrogens with two attached hydrogens (primary N) is 1. The van der Waals surface area contributed by atoms with E-state index < -0.39 is 34.5 Å². The third-order valence-corrected chi connectivity index (χ3v) is 7.33. The van der Waals surface area contributed by atoms with Crippen LogP contribution in [0.25, 0.3) is 11.3 Å². The van der Waals surface area contributed by atoms with E-state index in [0.717, 1.165) is 30.2 Å². The predicted molar refractivity (Wildman–Crippen MR) is 137 cm³/mol. The van der Waals surface area contributed by atoms with Gasteiger partial charge in [-0.15, -0.1) is 5.10 Å². The van der Waals surface area contributed by atoms with Gasteiger partial charge in [-0.05, 0) is 54.0 Å². The third-order valence-electron chi connectivity index (χ3n) is 7.33. The SMILES string of the molecule is COc1cc(F)c(-c2nc(C(=O)Cc3cnccc3[C@H]3C[C@@H](N)[C@@H](n4ccnn4)[C@@H](C)C3)ccc2F)c(F)c1. The van der Waals surface area contributed by atoms with Gasteiger partial charge in [0.1, 0.15) is 34.6 Å². The summed E-state index contributed by atoms with van der Waals surface area (Å²) in [6, 6.07) is 5.77. The second-order valence-corrected chi connectivity index (χ2v) is 9.85. The Labute approximate surface area is 223 Å². The number of carbonyl (C=O) groups is 1. The molecular formula is C28H27F3N6O2. The first-order chi connectivity index (χ1) is 18.8. The molecular weight excluding hydrogens is 509 g/mol. The first kappa shape index (κ1) is 26.5. The van der Waals surface area contributed by atoms with Crippen molar-refractivity contribution in [3.63, 3.8) is 0 Å². The number of benzene rings is 1. The molecule has 1 aliphatic carbocycles. The Morgan fingerprint density at radius 1 is 1.10 bits per heavy atom. The molecule has 2 N–H and O–H groups in total. The molecule has 5 rings (SSSR count). The highest BCUT2D eigenvalue weighted by molar-refractivity contribution is 5.96. The molecule has 0 spiro atoms. The summed E-state index contributed by atoms with van der Waals surface area (Å²) in [6.07, 6.45) is 8.16. The minimum atomic E-state index is -1.05. The second kappa shape index (κ2) is 10.9. The van der Waals surface area contributed by atoms with Gasteiger partial charge in [0.15, 0.2) is 5.78 Å². The number of carbonyl (C=O) groups excluding carboxylic acids is 1. The average Bonchev–Trinajstić information content (AvgIpc) is 3.43. The van der Waals surface area contributed by atoms with E-state index in [4.69, 9.17) is 10.5 Å². The summed E-state index contributed by atoms with van der Waals surface area (Å²) in [7, 11) is 1.26. The van der Waals surface area contributed by atoms with E-state index in [-0.39, 0.29) is 41.8 Å². The summed E-state index contributed by atoms with van der Waals surface area (Å²) < 4.78 is 50.6. The number of hydrogen-bond donors (Lipinski definition) is 1. The first-order valence-electron chi connectivity index (χ1n) is 12.5. The molecule has 11 heteroatoms. The van der Waals surface area contributed by atoms with Crippen LogP contribution in [-0.4, -0.2) is 43.9 Å². The lowest BCUT2D eigenvalue weighted by Gasteiger charge is -2.39. The molecule has 0 saturated heterocycles. The highest BCUT2D eigenvalue weighted by Gasteiger charge is 2.36. The number of pyridine rings is 2. The zero-order valence-electron chi connectivity index (χ0n) is 21.4. The van der Waals surface area contributed by atoms with Crippen molar-refractivity contribution in [2.45, 2.75) is 44.2 Å². The Morgan fingerprint density at radius 2 is 1.87 bits per heavy atom. The standard InChI is InChI=1S/C28H27F3N6O2/c1-15-9-16(10-23(32)28(15)37-8-7-34-36-37)19-5-6-33-14-17(19)11-25(38)24-4-3-20(29)27(35-24)26-21(30)12-18(39-2)13-22(26)31/h3-8,12-16,23,28H,9-11,32H2,1-2H3/t15-,16+,23+,28-/m0/s1. The minimum Gasteiger partial charge on any atom is -0.497 e. The van der Waals surface area contributed by atoms with E-state index in [9.17, 15) is 18.0 Å².